The maximum absolute atomic E-state index is 13.7. The van der Waals surface area contributed by atoms with Crippen LogP contribution in [0.4, 0.5) is 17.1 Å². The van der Waals surface area contributed by atoms with Gasteiger partial charge < -0.3 is 20.6 Å². The molecular formula is C34H35BrN2O5. The molecule has 0 unspecified atom stereocenters. The Morgan fingerprint density at radius 3 is 2.43 bits per heavy atom. The quantitative estimate of drug-likeness (QED) is 0.157. The smallest absolute Gasteiger partial charge is 0.238 e. The second-order valence-electron chi connectivity index (χ2n) is 11.2. The summed E-state index contributed by atoms with van der Waals surface area (Å²) in [6.45, 7) is 3.48. The fourth-order valence-corrected chi connectivity index (χ4v) is 6.63. The van der Waals surface area contributed by atoms with Crippen LogP contribution in [0.2, 0.25) is 0 Å². The van der Waals surface area contributed by atoms with Crippen LogP contribution in [-0.2, 0) is 9.59 Å². The normalized spacial score (nSPS) is 21.5. The maximum Gasteiger partial charge on any atom is 0.238 e. The topological polar surface area (TPSA) is 110 Å². The Hall–Kier alpha value is -3.72. The number of carbonyl (C=O) groups is 2. The summed E-state index contributed by atoms with van der Waals surface area (Å²) in [5, 5.41) is 35.2. The van der Waals surface area contributed by atoms with Crippen LogP contribution < -0.4 is 10.2 Å². The van der Waals surface area contributed by atoms with E-state index in [9.17, 15) is 24.9 Å². The van der Waals surface area contributed by atoms with Crippen molar-refractivity contribution in [3.05, 3.63) is 99.6 Å². The van der Waals surface area contributed by atoms with E-state index in [4.69, 9.17) is 0 Å². The van der Waals surface area contributed by atoms with E-state index in [0.717, 1.165) is 27.0 Å². The molecule has 3 aromatic carbocycles. The predicted molar refractivity (Wildman–Crippen MR) is 168 cm³/mol. The van der Waals surface area contributed by atoms with E-state index >= 15 is 0 Å². The molecule has 0 aromatic heterocycles. The van der Waals surface area contributed by atoms with E-state index in [1.807, 2.05) is 68.5 Å². The van der Waals surface area contributed by atoms with Gasteiger partial charge in [-0.2, -0.15) is 0 Å². The molecule has 4 N–H and O–H groups in total. The molecule has 5 rings (SSSR count). The van der Waals surface area contributed by atoms with Crippen molar-refractivity contribution in [2.24, 2.45) is 17.8 Å². The molecule has 0 spiro atoms. The number of amides is 2. The third-order valence-electron chi connectivity index (χ3n) is 8.28. The van der Waals surface area contributed by atoms with Crippen LogP contribution in [0.5, 0.6) is 5.75 Å². The molecule has 8 heteroatoms. The molecule has 3 aromatic rings. The number of rotatable bonds is 9. The summed E-state index contributed by atoms with van der Waals surface area (Å²) < 4.78 is 0.854. The van der Waals surface area contributed by atoms with Gasteiger partial charge in [0.05, 0.1) is 30.2 Å². The largest absolute Gasteiger partial charge is 0.507 e. The summed E-state index contributed by atoms with van der Waals surface area (Å²) in [7, 11) is 0. The number of hydrogen-bond acceptors (Lipinski definition) is 6. The molecule has 0 radical (unpaired) electrons. The molecule has 1 fully saturated rings. The van der Waals surface area contributed by atoms with Crippen molar-refractivity contribution >= 4 is 50.9 Å². The lowest BCUT2D eigenvalue weighted by atomic mass is 9.68. The number of aliphatic hydroxyl groups is 2. The Morgan fingerprint density at radius 1 is 1.05 bits per heavy atom. The molecule has 4 atom stereocenters. The summed E-state index contributed by atoms with van der Waals surface area (Å²) in [6, 6.07) is 22.1. The Balaban J connectivity index is 1.31. The molecule has 2 aliphatic rings. The summed E-state index contributed by atoms with van der Waals surface area (Å²) in [5.41, 5.74) is 5.41. The van der Waals surface area contributed by atoms with Crippen LogP contribution in [0, 0.1) is 17.8 Å². The zero-order valence-corrected chi connectivity index (χ0v) is 25.2. The van der Waals surface area contributed by atoms with Crippen molar-refractivity contribution in [3.8, 4) is 5.75 Å². The lowest BCUT2D eigenvalue weighted by Crippen LogP contribution is -2.38. The van der Waals surface area contributed by atoms with Gasteiger partial charge in [0, 0.05) is 27.3 Å². The molecule has 42 heavy (non-hydrogen) atoms. The van der Waals surface area contributed by atoms with Gasteiger partial charge in [0.15, 0.2) is 0 Å². The molecular weight excluding hydrogens is 596 g/mol. The number of phenolic OH excluding ortho intramolecular Hbond substituents is 1. The molecule has 0 saturated carbocycles. The number of imide groups is 1. The Bertz CT molecular complexity index is 1530. The van der Waals surface area contributed by atoms with Crippen LogP contribution in [-0.4, -0.2) is 39.8 Å². The van der Waals surface area contributed by atoms with E-state index in [1.54, 1.807) is 24.3 Å². The first-order chi connectivity index (χ1) is 20.2. The van der Waals surface area contributed by atoms with Crippen LogP contribution in [0.15, 0.2) is 94.0 Å². The number of fused-ring (bicyclic) bond motifs is 1. The minimum atomic E-state index is -0.872. The SMILES string of the molecule is CC1=C([C@H](O)CC/C(C)=C/c2cc(Br)ccc2O)[C@H](CO)[C@@H]2C(=O)N(c3ccc(Nc4ccccc4)cc3)C(=O)[C@@H]2C1. The number of carbonyl (C=O) groups excluding carboxylic acids is 2. The molecule has 0 bridgehead atoms. The minimum Gasteiger partial charge on any atom is -0.507 e. The van der Waals surface area contributed by atoms with Crippen LogP contribution in [0.1, 0.15) is 38.7 Å². The monoisotopic (exact) mass is 630 g/mol. The van der Waals surface area contributed by atoms with Crippen LogP contribution in [0.25, 0.3) is 6.08 Å². The van der Waals surface area contributed by atoms with Crippen molar-refractivity contribution in [2.45, 2.75) is 39.2 Å². The molecule has 7 nitrogen and oxygen atoms in total. The van der Waals surface area contributed by atoms with Crippen molar-refractivity contribution < 1.29 is 24.9 Å². The highest BCUT2D eigenvalue weighted by Crippen LogP contribution is 2.47. The Kier molecular flexibility index (Phi) is 8.96. The summed E-state index contributed by atoms with van der Waals surface area (Å²) in [6.07, 6.45) is 2.32. The second kappa shape index (κ2) is 12.7. The number of para-hydroxylation sites is 1. The van der Waals surface area contributed by atoms with E-state index < -0.39 is 23.9 Å². The highest BCUT2D eigenvalue weighted by atomic mass is 79.9. The zero-order valence-electron chi connectivity index (χ0n) is 23.6. The third-order valence-corrected chi connectivity index (χ3v) is 8.77. The number of allylic oxidation sites excluding steroid dienone is 2. The first kappa shape index (κ1) is 29.8. The second-order valence-corrected chi connectivity index (χ2v) is 12.1. The molecule has 1 aliphatic carbocycles. The molecule has 218 valence electrons. The molecule has 2 amide bonds. The van der Waals surface area contributed by atoms with Crippen molar-refractivity contribution in [2.75, 3.05) is 16.8 Å². The number of nitrogens with zero attached hydrogens (tertiary/aromatic N) is 1. The van der Waals surface area contributed by atoms with Crippen molar-refractivity contribution in [1.29, 1.82) is 0 Å². The fraction of sp³-hybridized carbons (Fsp3) is 0.294. The van der Waals surface area contributed by atoms with Gasteiger partial charge in [-0.05, 0) is 93.3 Å². The van der Waals surface area contributed by atoms with E-state index in [2.05, 4.69) is 21.2 Å². The number of anilines is 3. The summed E-state index contributed by atoms with van der Waals surface area (Å²) >= 11 is 3.42. The average Bonchev–Trinajstić information content (AvgIpc) is 3.22. The van der Waals surface area contributed by atoms with E-state index in [1.165, 1.54) is 4.90 Å². The van der Waals surface area contributed by atoms with Crippen molar-refractivity contribution in [1.82, 2.24) is 0 Å². The average molecular weight is 632 g/mol. The maximum atomic E-state index is 13.7. The minimum absolute atomic E-state index is 0.173. The molecule has 1 saturated heterocycles. The lowest BCUT2D eigenvalue weighted by Gasteiger charge is -2.35. The van der Waals surface area contributed by atoms with Gasteiger partial charge in [0.2, 0.25) is 11.8 Å². The number of halogens is 1. The van der Waals surface area contributed by atoms with Crippen LogP contribution >= 0.6 is 15.9 Å². The number of hydrogen-bond donors (Lipinski definition) is 4. The number of aliphatic hydroxyl groups excluding tert-OH is 2. The van der Waals surface area contributed by atoms with E-state index in [0.29, 0.717) is 36.1 Å². The fourth-order valence-electron chi connectivity index (χ4n) is 6.25. The summed E-state index contributed by atoms with van der Waals surface area (Å²) in [5.74, 6) is -2.38. The van der Waals surface area contributed by atoms with Crippen LogP contribution in [0.3, 0.4) is 0 Å². The number of nitrogens with one attached hydrogen (secondary N) is 1. The van der Waals surface area contributed by atoms with Gasteiger partial charge in [-0.15, -0.1) is 0 Å². The van der Waals surface area contributed by atoms with Gasteiger partial charge in [0.1, 0.15) is 5.75 Å². The van der Waals surface area contributed by atoms with Gasteiger partial charge in [-0.1, -0.05) is 51.4 Å². The van der Waals surface area contributed by atoms with Gasteiger partial charge in [-0.25, -0.2) is 0 Å². The number of aromatic hydroxyl groups is 1. The first-order valence-corrected chi connectivity index (χ1v) is 14.9. The Labute approximate surface area is 254 Å². The zero-order chi connectivity index (χ0) is 30.0. The lowest BCUT2D eigenvalue weighted by molar-refractivity contribution is -0.123. The highest BCUT2D eigenvalue weighted by molar-refractivity contribution is 9.10. The van der Waals surface area contributed by atoms with E-state index in [-0.39, 0.29) is 24.2 Å². The number of benzene rings is 3. The van der Waals surface area contributed by atoms with Gasteiger partial charge >= 0.3 is 0 Å². The third kappa shape index (κ3) is 6.07. The van der Waals surface area contributed by atoms with Gasteiger partial charge in [-0.3, -0.25) is 14.5 Å². The highest BCUT2D eigenvalue weighted by Gasteiger charge is 2.54. The number of phenols is 1. The van der Waals surface area contributed by atoms with Crippen molar-refractivity contribution in [3.63, 3.8) is 0 Å². The summed E-state index contributed by atoms with van der Waals surface area (Å²) in [4.78, 5) is 28.5. The Morgan fingerprint density at radius 2 is 1.74 bits per heavy atom. The first-order valence-electron chi connectivity index (χ1n) is 14.1. The molecule has 1 aliphatic heterocycles. The molecule has 1 heterocycles. The van der Waals surface area contributed by atoms with Gasteiger partial charge in [0.25, 0.3) is 0 Å². The standard InChI is InChI=1S/C34H35BrN2O5/c1-20(16-22-18-23(35)9-15-29(22)39)8-14-30(40)31-21(2)17-27-32(28(31)19-38)34(42)37(33(27)41)26-12-10-25(11-13-26)36-24-6-4-3-5-7-24/h3-7,9-13,15-16,18,27-28,30,32,36,38-40H,8,14,17,19H2,1-2H3/b20-16+/t27-,28+,30-,32-/m1/s1. The predicted octanol–water partition coefficient (Wildman–Crippen LogP) is 6.58.